The van der Waals surface area contributed by atoms with Crippen molar-refractivity contribution in [3.05, 3.63) is 77.0 Å². The molecule has 4 nitrogen and oxygen atoms in total. The van der Waals surface area contributed by atoms with E-state index in [1.807, 2.05) is 43.3 Å². The van der Waals surface area contributed by atoms with Gasteiger partial charge in [0.25, 0.3) is 5.91 Å². The number of nitrogens with zero attached hydrogens (tertiary/aromatic N) is 1. The summed E-state index contributed by atoms with van der Waals surface area (Å²) in [7, 11) is 0. The van der Waals surface area contributed by atoms with Crippen LogP contribution in [0.1, 0.15) is 18.5 Å². The first kappa shape index (κ1) is 16.6. The number of nitriles is 1. The molecule has 1 amide bonds. The van der Waals surface area contributed by atoms with Gasteiger partial charge in [-0.15, -0.1) is 0 Å². The molecule has 0 spiro atoms. The van der Waals surface area contributed by atoms with Gasteiger partial charge in [-0.3, -0.25) is 4.79 Å². The van der Waals surface area contributed by atoms with E-state index in [9.17, 15) is 4.79 Å². The topological polar surface area (TPSA) is 64.9 Å². The van der Waals surface area contributed by atoms with Gasteiger partial charge in [-0.25, -0.2) is 0 Å². The lowest BCUT2D eigenvalue weighted by atomic mass is 10.1. The zero-order chi connectivity index (χ0) is 16.7. The Morgan fingerprint density at radius 1 is 1.22 bits per heavy atom. The molecule has 0 aliphatic heterocycles. The number of benzene rings is 2. The molecule has 0 heterocycles. The van der Waals surface area contributed by atoms with Crippen molar-refractivity contribution >= 4 is 23.2 Å². The Hall–Kier alpha value is -2.77. The summed E-state index contributed by atoms with van der Waals surface area (Å²) in [6, 6.07) is 18.4. The van der Waals surface area contributed by atoms with Crippen LogP contribution in [0.25, 0.3) is 0 Å². The quantitative estimate of drug-likeness (QED) is 0.644. The van der Waals surface area contributed by atoms with E-state index in [2.05, 4.69) is 10.6 Å². The zero-order valence-corrected chi connectivity index (χ0v) is 13.3. The average Bonchev–Trinajstić information content (AvgIpc) is 2.56. The molecule has 5 heteroatoms. The smallest absolute Gasteiger partial charge is 0.267 e. The molecule has 0 bridgehead atoms. The van der Waals surface area contributed by atoms with Crippen molar-refractivity contribution in [1.29, 1.82) is 5.26 Å². The van der Waals surface area contributed by atoms with Crippen LogP contribution in [-0.2, 0) is 4.79 Å². The Morgan fingerprint density at radius 2 is 1.96 bits per heavy atom. The highest BCUT2D eigenvalue weighted by atomic mass is 35.5. The molecule has 0 saturated heterocycles. The fraction of sp³-hybridized carbons (Fsp3) is 0.111. The molecule has 0 aliphatic carbocycles. The van der Waals surface area contributed by atoms with Crippen LogP contribution in [0, 0.1) is 11.3 Å². The zero-order valence-electron chi connectivity index (χ0n) is 12.6. The lowest BCUT2D eigenvalue weighted by Crippen LogP contribution is -2.18. The summed E-state index contributed by atoms with van der Waals surface area (Å²) in [6.45, 7) is 1.95. The minimum atomic E-state index is -0.484. The second-order valence-electron chi connectivity index (χ2n) is 4.93. The van der Waals surface area contributed by atoms with Crippen LogP contribution in [0.3, 0.4) is 0 Å². The highest BCUT2D eigenvalue weighted by Crippen LogP contribution is 2.16. The van der Waals surface area contributed by atoms with Crippen molar-refractivity contribution in [2.24, 2.45) is 0 Å². The molecule has 2 aromatic rings. The van der Waals surface area contributed by atoms with Gasteiger partial charge < -0.3 is 10.6 Å². The number of rotatable bonds is 5. The maximum atomic E-state index is 12.1. The molecule has 1 atom stereocenters. The number of amides is 1. The fourth-order valence-corrected chi connectivity index (χ4v) is 2.15. The monoisotopic (exact) mass is 325 g/mol. The lowest BCUT2D eigenvalue weighted by molar-refractivity contribution is -0.112. The van der Waals surface area contributed by atoms with Gasteiger partial charge in [-0.2, -0.15) is 5.26 Å². The molecule has 23 heavy (non-hydrogen) atoms. The second-order valence-corrected chi connectivity index (χ2v) is 5.37. The summed E-state index contributed by atoms with van der Waals surface area (Å²) in [5.74, 6) is -0.484. The predicted octanol–water partition coefficient (Wildman–Crippen LogP) is 4.04. The average molecular weight is 326 g/mol. The van der Waals surface area contributed by atoms with Crippen molar-refractivity contribution in [3.63, 3.8) is 0 Å². The molecule has 116 valence electrons. The predicted molar refractivity (Wildman–Crippen MR) is 91.8 cm³/mol. The summed E-state index contributed by atoms with van der Waals surface area (Å²) in [6.07, 6.45) is 1.43. The molecule has 0 aliphatic rings. The van der Waals surface area contributed by atoms with Gasteiger partial charge in [0.15, 0.2) is 0 Å². The standard InChI is InChI=1S/C18H16ClN3O/c1-13(14-6-3-2-4-7-14)21-12-15(11-20)18(23)22-17-9-5-8-16(19)10-17/h2-10,12-13,21H,1H3,(H,22,23)/b15-12-. The maximum Gasteiger partial charge on any atom is 0.267 e. The van der Waals surface area contributed by atoms with Gasteiger partial charge in [0.05, 0.1) is 0 Å². The Labute approximate surface area is 140 Å². The molecule has 2 N–H and O–H groups in total. The van der Waals surface area contributed by atoms with Crippen LogP contribution in [0.4, 0.5) is 5.69 Å². The third-order valence-corrected chi connectivity index (χ3v) is 3.46. The van der Waals surface area contributed by atoms with Crippen LogP contribution in [0.15, 0.2) is 66.4 Å². The molecule has 2 rings (SSSR count). The van der Waals surface area contributed by atoms with Crippen molar-refractivity contribution in [3.8, 4) is 6.07 Å². The van der Waals surface area contributed by atoms with Crippen molar-refractivity contribution in [1.82, 2.24) is 5.32 Å². The van der Waals surface area contributed by atoms with Crippen molar-refractivity contribution in [2.45, 2.75) is 13.0 Å². The molecule has 0 radical (unpaired) electrons. The molecule has 0 saturated carbocycles. The SMILES string of the molecule is CC(N/C=C(/C#N)C(=O)Nc1cccc(Cl)c1)c1ccccc1. The molecule has 0 aromatic heterocycles. The normalized spacial score (nSPS) is 12.1. The molecular weight excluding hydrogens is 310 g/mol. The second kappa shape index (κ2) is 8.02. The lowest BCUT2D eigenvalue weighted by Gasteiger charge is -2.12. The van der Waals surface area contributed by atoms with E-state index in [1.165, 1.54) is 6.20 Å². The first-order valence-electron chi connectivity index (χ1n) is 7.08. The number of anilines is 1. The Morgan fingerprint density at radius 3 is 2.61 bits per heavy atom. The van der Waals surface area contributed by atoms with Gasteiger partial charge in [-0.1, -0.05) is 48.0 Å². The largest absolute Gasteiger partial charge is 0.383 e. The van der Waals surface area contributed by atoms with E-state index in [4.69, 9.17) is 16.9 Å². The van der Waals surface area contributed by atoms with Crippen LogP contribution in [0.5, 0.6) is 0 Å². The number of halogens is 1. The maximum absolute atomic E-state index is 12.1. The van der Waals surface area contributed by atoms with E-state index < -0.39 is 5.91 Å². The number of hydrogen-bond acceptors (Lipinski definition) is 3. The summed E-state index contributed by atoms with van der Waals surface area (Å²) < 4.78 is 0. The third-order valence-electron chi connectivity index (χ3n) is 3.22. The molecular formula is C18H16ClN3O. The molecule has 1 unspecified atom stereocenters. The van der Waals surface area contributed by atoms with Crippen LogP contribution >= 0.6 is 11.6 Å². The summed E-state index contributed by atoms with van der Waals surface area (Å²) in [5.41, 5.74) is 1.60. The minimum absolute atomic E-state index is 0.00671. The Kier molecular flexibility index (Phi) is 5.79. The van der Waals surface area contributed by atoms with Crippen LogP contribution in [0.2, 0.25) is 5.02 Å². The molecule has 0 fully saturated rings. The summed E-state index contributed by atoms with van der Waals surface area (Å²) in [5, 5.41) is 15.4. The van der Waals surface area contributed by atoms with E-state index in [0.717, 1.165) is 5.56 Å². The van der Waals surface area contributed by atoms with Crippen LogP contribution < -0.4 is 10.6 Å². The molecule has 2 aromatic carbocycles. The Bertz CT molecular complexity index is 750. The van der Waals surface area contributed by atoms with Gasteiger partial charge in [0, 0.05) is 23.0 Å². The highest BCUT2D eigenvalue weighted by molar-refractivity contribution is 6.31. The summed E-state index contributed by atoms with van der Waals surface area (Å²) in [4.78, 5) is 12.1. The third kappa shape index (κ3) is 4.87. The highest BCUT2D eigenvalue weighted by Gasteiger charge is 2.10. The first-order valence-corrected chi connectivity index (χ1v) is 7.46. The fourth-order valence-electron chi connectivity index (χ4n) is 1.96. The van der Waals surface area contributed by atoms with Gasteiger partial charge >= 0.3 is 0 Å². The summed E-state index contributed by atoms with van der Waals surface area (Å²) >= 11 is 5.87. The number of nitrogens with one attached hydrogen (secondary N) is 2. The van der Waals surface area contributed by atoms with Crippen molar-refractivity contribution < 1.29 is 4.79 Å². The van der Waals surface area contributed by atoms with Gasteiger partial charge in [0.1, 0.15) is 11.6 Å². The minimum Gasteiger partial charge on any atom is -0.383 e. The van der Waals surface area contributed by atoms with E-state index in [1.54, 1.807) is 24.3 Å². The van der Waals surface area contributed by atoms with Crippen molar-refractivity contribution in [2.75, 3.05) is 5.32 Å². The van der Waals surface area contributed by atoms with Crippen LogP contribution in [-0.4, -0.2) is 5.91 Å². The van der Waals surface area contributed by atoms with Gasteiger partial charge in [-0.05, 0) is 30.7 Å². The first-order chi connectivity index (χ1) is 11.1. The number of carbonyl (C=O) groups is 1. The van der Waals surface area contributed by atoms with E-state index >= 15 is 0 Å². The van der Waals surface area contributed by atoms with E-state index in [0.29, 0.717) is 10.7 Å². The Balaban J connectivity index is 2.04. The number of carbonyl (C=O) groups excluding carboxylic acids is 1. The van der Waals surface area contributed by atoms with Gasteiger partial charge in [0.2, 0.25) is 0 Å². The number of hydrogen-bond donors (Lipinski definition) is 2. The van der Waals surface area contributed by atoms with E-state index in [-0.39, 0.29) is 11.6 Å².